The Morgan fingerprint density at radius 2 is 1.85 bits per heavy atom. The van der Waals surface area contributed by atoms with Gasteiger partial charge in [0, 0.05) is 35.5 Å². The Morgan fingerprint density at radius 1 is 1.07 bits per heavy atom. The molecule has 0 aliphatic carbocycles. The molecule has 3 aromatic carbocycles. The Hall–Kier alpha value is -4.50. The summed E-state index contributed by atoms with van der Waals surface area (Å²) in [6.07, 6.45) is 1.24. The van der Waals surface area contributed by atoms with Crippen LogP contribution in [0.5, 0.6) is 5.75 Å². The molecule has 8 nitrogen and oxygen atoms in total. The van der Waals surface area contributed by atoms with E-state index < -0.39 is 18.7 Å². The number of benzene rings is 3. The Bertz CT molecular complexity index is 1660. The molecule has 0 bridgehead atoms. The molecule has 2 heterocycles. The quantitative estimate of drug-likeness (QED) is 0.246. The highest BCUT2D eigenvalue weighted by atomic mass is 19.1. The van der Waals surface area contributed by atoms with Crippen molar-refractivity contribution in [3.05, 3.63) is 89.7 Å². The third-order valence-corrected chi connectivity index (χ3v) is 6.92. The van der Waals surface area contributed by atoms with E-state index in [0.717, 1.165) is 33.4 Å². The van der Waals surface area contributed by atoms with Gasteiger partial charge in [0.1, 0.15) is 24.9 Å². The Kier molecular flexibility index (Phi) is 7.66. The van der Waals surface area contributed by atoms with E-state index in [-0.39, 0.29) is 18.1 Å². The van der Waals surface area contributed by atoms with Gasteiger partial charge in [-0.15, -0.1) is 0 Å². The molecule has 2 aromatic heterocycles. The van der Waals surface area contributed by atoms with Crippen LogP contribution in [-0.4, -0.2) is 43.6 Å². The van der Waals surface area contributed by atoms with Crippen LogP contribution in [0.15, 0.2) is 72.9 Å². The number of imidazole rings is 1. The van der Waals surface area contributed by atoms with E-state index in [0.29, 0.717) is 23.7 Å². The van der Waals surface area contributed by atoms with Gasteiger partial charge in [0.15, 0.2) is 0 Å². The van der Waals surface area contributed by atoms with Crippen molar-refractivity contribution >= 4 is 16.8 Å². The second-order valence-electron chi connectivity index (χ2n) is 10.0. The smallest absolute Gasteiger partial charge is 0.248 e. The number of hydrogen-bond donors (Lipinski definition) is 2. The van der Waals surface area contributed by atoms with Gasteiger partial charge in [0.05, 0.1) is 29.4 Å². The number of alkyl halides is 1. The number of aromatic nitrogens is 4. The van der Waals surface area contributed by atoms with Crippen molar-refractivity contribution in [3.8, 4) is 28.4 Å². The number of fused-ring (bicyclic) bond motifs is 1. The van der Waals surface area contributed by atoms with E-state index in [9.17, 15) is 14.3 Å². The van der Waals surface area contributed by atoms with E-state index >= 15 is 0 Å². The predicted octanol–water partition coefficient (Wildman–Crippen LogP) is 5.41. The van der Waals surface area contributed by atoms with Crippen molar-refractivity contribution in [1.82, 2.24) is 19.3 Å². The minimum atomic E-state index is -0.697. The third kappa shape index (κ3) is 5.20. The highest BCUT2D eigenvalue weighted by Crippen LogP contribution is 2.39. The molecule has 5 aromatic rings. The van der Waals surface area contributed by atoms with Crippen LogP contribution >= 0.6 is 0 Å². The van der Waals surface area contributed by atoms with Gasteiger partial charge in [0.2, 0.25) is 5.91 Å². The number of carbonyl (C=O) groups excluding carboxylic acids is 1. The number of aliphatic hydroxyl groups excluding tert-OH is 1. The van der Waals surface area contributed by atoms with Crippen LogP contribution in [0.3, 0.4) is 0 Å². The Balaban J connectivity index is 1.61. The van der Waals surface area contributed by atoms with Crippen LogP contribution in [0.4, 0.5) is 4.39 Å². The number of rotatable bonds is 10. The van der Waals surface area contributed by atoms with Crippen LogP contribution in [-0.2, 0) is 13.6 Å². The Labute approximate surface area is 231 Å². The van der Waals surface area contributed by atoms with Gasteiger partial charge in [-0.2, -0.15) is 5.10 Å². The number of aliphatic hydroxyl groups is 1. The molecule has 9 heteroatoms. The molecule has 0 saturated carbocycles. The second-order valence-corrected chi connectivity index (χ2v) is 10.0. The molecule has 0 saturated heterocycles. The number of carbonyl (C=O) groups is 1. The molecule has 40 heavy (non-hydrogen) atoms. The highest BCUT2D eigenvalue weighted by molar-refractivity contribution is 5.95. The first-order valence-corrected chi connectivity index (χ1v) is 13.2. The van der Waals surface area contributed by atoms with E-state index in [1.165, 1.54) is 6.07 Å². The number of halogens is 1. The van der Waals surface area contributed by atoms with Gasteiger partial charge >= 0.3 is 0 Å². The molecule has 0 unspecified atom stereocenters. The van der Waals surface area contributed by atoms with Crippen molar-refractivity contribution in [1.29, 1.82) is 0 Å². The topological polar surface area (TPSA) is 108 Å². The lowest BCUT2D eigenvalue weighted by Crippen LogP contribution is -2.12. The maximum Gasteiger partial charge on any atom is 0.248 e. The van der Waals surface area contributed by atoms with E-state index in [4.69, 9.17) is 20.6 Å². The average Bonchev–Trinajstić information content (AvgIpc) is 3.52. The van der Waals surface area contributed by atoms with Crippen LogP contribution in [0.2, 0.25) is 0 Å². The zero-order chi connectivity index (χ0) is 28.4. The van der Waals surface area contributed by atoms with Gasteiger partial charge in [-0.3, -0.25) is 9.48 Å². The second kappa shape index (κ2) is 11.3. The summed E-state index contributed by atoms with van der Waals surface area (Å²) in [4.78, 5) is 16.9. The lowest BCUT2D eigenvalue weighted by molar-refractivity contribution is 0.1000. The van der Waals surface area contributed by atoms with Gasteiger partial charge in [-0.1, -0.05) is 56.3 Å². The van der Waals surface area contributed by atoms with Crippen molar-refractivity contribution in [2.24, 2.45) is 12.8 Å². The number of hydrogen-bond acceptors (Lipinski definition) is 5. The first kappa shape index (κ1) is 27.1. The van der Waals surface area contributed by atoms with Gasteiger partial charge in [-0.05, 0) is 35.7 Å². The fourth-order valence-electron chi connectivity index (χ4n) is 5.09. The number of nitrogens with two attached hydrogens (primary N) is 1. The molecule has 1 amide bonds. The fraction of sp³-hybridized carbons (Fsp3) is 0.258. The normalized spacial score (nSPS) is 12.2. The molecule has 0 spiro atoms. The van der Waals surface area contributed by atoms with Crippen molar-refractivity contribution < 1.29 is 19.0 Å². The van der Waals surface area contributed by atoms with Crippen LogP contribution in [0, 0.1) is 0 Å². The molecule has 0 fully saturated rings. The lowest BCUT2D eigenvalue weighted by Gasteiger charge is -2.14. The monoisotopic (exact) mass is 541 g/mol. The minimum absolute atomic E-state index is 0.117. The summed E-state index contributed by atoms with van der Waals surface area (Å²) < 4.78 is 22.5. The van der Waals surface area contributed by atoms with Crippen molar-refractivity contribution in [2.75, 3.05) is 13.3 Å². The van der Waals surface area contributed by atoms with E-state index in [1.807, 2.05) is 66.3 Å². The molecular formula is C31H32FN5O3. The number of primary amides is 1. The first-order valence-electron chi connectivity index (χ1n) is 13.2. The number of nitrogens with zero attached hydrogens (tertiary/aromatic N) is 4. The largest absolute Gasteiger partial charge is 0.490 e. The minimum Gasteiger partial charge on any atom is -0.490 e. The van der Waals surface area contributed by atoms with E-state index in [2.05, 4.69) is 13.8 Å². The summed E-state index contributed by atoms with van der Waals surface area (Å²) in [7, 11) is 1.93. The maximum absolute atomic E-state index is 13.0. The van der Waals surface area contributed by atoms with Gasteiger partial charge in [0.25, 0.3) is 0 Å². The van der Waals surface area contributed by atoms with Crippen molar-refractivity contribution in [2.45, 2.75) is 32.4 Å². The number of ether oxygens (including phenoxy) is 1. The molecule has 0 aliphatic heterocycles. The van der Waals surface area contributed by atoms with Crippen molar-refractivity contribution in [3.63, 3.8) is 0 Å². The van der Waals surface area contributed by atoms with Crippen LogP contribution in [0.25, 0.3) is 33.5 Å². The summed E-state index contributed by atoms with van der Waals surface area (Å²) in [5, 5.41) is 16.4. The zero-order valence-electron chi connectivity index (χ0n) is 22.7. The SMILES string of the molecule is CC(C)c1c(-c2cccc3nn(C[C@H](O)c4ccccc4)cc23)nc(-c2ccc(C(N)=O)cc2OCCF)n1C. The highest BCUT2D eigenvalue weighted by Gasteiger charge is 2.24. The summed E-state index contributed by atoms with van der Waals surface area (Å²) in [6, 6.07) is 20.3. The summed E-state index contributed by atoms with van der Waals surface area (Å²) >= 11 is 0. The van der Waals surface area contributed by atoms with Crippen LogP contribution < -0.4 is 10.5 Å². The summed E-state index contributed by atoms with van der Waals surface area (Å²) in [5.41, 5.74) is 10.7. The molecule has 0 aliphatic rings. The molecule has 5 rings (SSSR count). The number of amides is 1. The van der Waals surface area contributed by atoms with E-state index in [1.54, 1.807) is 16.8 Å². The van der Waals surface area contributed by atoms with Gasteiger partial charge < -0.3 is 20.1 Å². The molecule has 206 valence electrons. The summed E-state index contributed by atoms with van der Waals surface area (Å²) in [6.45, 7) is 3.68. The molecule has 0 radical (unpaired) electrons. The first-order chi connectivity index (χ1) is 19.3. The third-order valence-electron chi connectivity index (χ3n) is 6.92. The molecular weight excluding hydrogens is 509 g/mol. The van der Waals surface area contributed by atoms with Crippen LogP contribution in [0.1, 0.15) is 47.5 Å². The van der Waals surface area contributed by atoms with Gasteiger partial charge in [-0.25, -0.2) is 9.37 Å². The average molecular weight is 542 g/mol. The Morgan fingerprint density at radius 3 is 2.55 bits per heavy atom. The maximum atomic E-state index is 13.0. The predicted molar refractivity (Wildman–Crippen MR) is 153 cm³/mol. The fourth-order valence-corrected chi connectivity index (χ4v) is 5.09. The molecule has 1 atom stereocenters. The summed E-state index contributed by atoms with van der Waals surface area (Å²) in [5.74, 6) is 0.477. The molecule has 3 N–H and O–H groups in total. The zero-order valence-corrected chi connectivity index (χ0v) is 22.7. The standard InChI is InChI=1S/C31H32FN5O3/c1-19(2)29-28(34-31(36(29)3)23-13-12-21(30(33)39)16-27(23)40-15-14-32)22-10-7-11-25-24(22)17-37(35-25)18-26(38)20-8-5-4-6-9-20/h4-13,16-17,19,26,38H,14-15,18H2,1-3H3,(H2,33,39)/t26-/m0/s1. The lowest BCUT2D eigenvalue weighted by atomic mass is 10.0.